The molecule has 0 spiro atoms. The van der Waals surface area contributed by atoms with E-state index < -0.39 is 0 Å². The zero-order valence-corrected chi connectivity index (χ0v) is 17.8. The lowest BCUT2D eigenvalue weighted by Gasteiger charge is -2.12. The van der Waals surface area contributed by atoms with Gasteiger partial charge in [0.25, 0.3) is 5.91 Å². The molecule has 31 heavy (non-hydrogen) atoms. The van der Waals surface area contributed by atoms with Gasteiger partial charge in [-0.15, -0.1) is 10.2 Å². The summed E-state index contributed by atoms with van der Waals surface area (Å²) in [6.45, 7) is 3.96. The van der Waals surface area contributed by atoms with Crippen molar-refractivity contribution in [1.82, 2.24) is 25.7 Å². The summed E-state index contributed by atoms with van der Waals surface area (Å²) in [4.78, 5) is 16.7. The van der Waals surface area contributed by atoms with Gasteiger partial charge in [-0.3, -0.25) is 9.78 Å². The standard InChI is InChI=1S/C22H25N5O4/c1-13-4-5-15(11-23-13)21-18(14(2)31-27-21)12-30-20-9-8-19(25-26-20)22(28)24-16-6-7-17(10-16)29-3/h4-5,8-9,11,16-17H,6-7,10,12H2,1-3H3,(H,24,28). The topological polar surface area (TPSA) is 112 Å². The van der Waals surface area contributed by atoms with Gasteiger partial charge in [-0.1, -0.05) is 5.16 Å². The van der Waals surface area contributed by atoms with Crippen molar-refractivity contribution in [3.63, 3.8) is 0 Å². The van der Waals surface area contributed by atoms with Crippen LogP contribution in [0.1, 0.15) is 46.8 Å². The van der Waals surface area contributed by atoms with E-state index in [0.717, 1.165) is 36.1 Å². The van der Waals surface area contributed by atoms with Gasteiger partial charge in [0, 0.05) is 36.7 Å². The van der Waals surface area contributed by atoms with E-state index in [4.69, 9.17) is 14.0 Å². The minimum atomic E-state index is -0.246. The van der Waals surface area contributed by atoms with Crippen LogP contribution >= 0.6 is 0 Å². The maximum Gasteiger partial charge on any atom is 0.272 e. The van der Waals surface area contributed by atoms with Crippen LogP contribution in [-0.2, 0) is 11.3 Å². The van der Waals surface area contributed by atoms with Gasteiger partial charge < -0.3 is 19.3 Å². The monoisotopic (exact) mass is 423 g/mol. The summed E-state index contributed by atoms with van der Waals surface area (Å²) >= 11 is 0. The van der Waals surface area contributed by atoms with Crippen LogP contribution in [0, 0.1) is 13.8 Å². The van der Waals surface area contributed by atoms with Crippen molar-refractivity contribution in [2.24, 2.45) is 0 Å². The average Bonchev–Trinajstić information content (AvgIpc) is 3.39. The second kappa shape index (κ2) is 9.22. The highest BCUT2D eigenvalue weighted by atomic mass is 16.5. The number of aromatic nitrogens is 4. The SMILES string of the molecule is COC1CCC(NC(=O)c2ccc(OCc3c(-c4ccc(C)nc4)noc3C)nn2)C1. The average molecular weight is 423 g/mol. The lowest BCUT2D eigenvalue weighted by Crippen LogP contribution is -2.34. The number of amides is 1. The molecule has 3 heterocycles. The largest absolute Gasteiger partial charge is 0.472 e. The molecule has 1 amide bonds. The van der Waals surface area contributed by atoms with Crippen LogP contribution in [0.4, 0.5) is 0 Å². The molecule has 1 aliphatic carbocycles. The predicted molar refractivity (Wildman–Crippen MR) is 111 cm³/mol. The number of nitrogens with zero attached hydrogens (tertiary/aromatic N) is 4. The molecule has 2 atom stereocenters. The number of carbonyl (C=O) groups excluding carboxylic acids is 1. The van der Waals surface area contributed by atoms with Gasteiger partial charge in [-0.05, 0) is 51.3 Å². The summed E-state index contributed by atoms with van der Waals surface area (Å²) in [5.74, 6) is 0.723. The van der Waals surface area contributed by atoms with Gasteiger partial charge in [0.05, 0.1) is 11.7 Å². The number of methoxy groups -OCH3 is 1. The van der Waals surface area contributed by atoms with Crippen molar-refractivity contribution in [1.29, 1.82) is 0 Å². The van der Waals surface area contributed by atoms with Crippen LogP contribution in [0.25, 0.3) is 11.3 Å². The third-order valence-electron chi connectivity index (χ3n) is 5.46. The quantitative estimate of drug-likeness (QED) is 0.617. The molecule has 0 aromatic carbocycles. The number of carbonyl (C=O) groups is 1. The Bertz CT molecular complexity index is 1030. The van der Waals surface area contributed by atoms with Crippen LogP contribution in [0.5, 0.6) is 5.88 Å². The molecular weight excluding hydrogens is 398 g/mol. The molecule has 9 heteroatoms. The number of nitrogens with one attached hydrogen (secondary N) is 1. The van der Waals surface area contributed by atoms with Gasteiger partial charge in [0.2, 0.25) is 5.88 Å². The van der Waals surface area contributed by atoms with E-state index in [-0.39, 0.29) is 30.4 Å². The predicted octanol–water partition coefficient (Wildman–Crippen LogP) is 3.02. The maximum atomic E-state index is 12.4. The Kier molecular flexibility index (Phi) is 6.22. The maximum absolute atomic E-state index is 12.4. The number of hydrogen-bond acceptors (Lipinski definition) is 8. The molecule has 0 bridgehead atoms. The van der Waals surface area contributed by atoms with E-state index in [1.54, 1.807) is 25.4 Å². The summed E-state index contributed by atoms with van der Waals surface area (Å²) in [5.41, 5.74) is 3.51. The van der Waals surface area contributed by atoms with Crippen LogP contribution < -0.4 is 10.1 Å². The summed E-state index contributed by atoms with van der Waals surface area (Å²) in [6.07, 6.45) is 4.61. The van der Waals surface area contributed by atoms with Gasteiger partial charge in [0.1, 0.15) is 18.1 Å². The molecule has 4 rings (SSSR count). The summed E-state index contributed by atoms with van der Waals surface area (Å²) in [6, 6.07) is 7.19. The fourth-order valence-electron chi connectivity index (χ4n) is 3.60. The molecule has 3 aromatic rings. The molecule has 1 N–H and O–H groups in total. The van der Waals surface area contributed by atoms with E-state index in [0.29, 0.717) is 17.3 Å². The molecule has 3 aromatic heterocycles. The van der Waals surface area contributed by atoms with Crippen molar-refractivity contribution in [2.75, 3.05) is 7.11 Å². The highest BCUT2D eigenvalue weighted by Crippen LogP contribution is 2.26. The first-order valence-electron chi connectivity index (χ1n) is 10.2. The Hall–Kier alpha value is -3.33. The molecular formula is C22H25N5O4. The first-order chi connectivity index (χ1) is 15.0. The minimum absolute atomic E-state index is 0.0985. The normalized spacial score (nSPS) is 18.2. The second-order valence-corrected chi connectivity index (χ2v) is 7.64. The third-order valence-corrected chi connectivity index (χ3v) is 5.46. The van der Waals surface area contributed by atoms with Gasteiger partial charge in [-0.2, -0.15) is 0 Å². The number of hydrogen-bond donors (Lipinski definition) is 1. The zero-order chi connectivity index (χ0) is 21.8. The van der Waals surface area contributed by atoms with E-state index in [1.165, 1.54) is 0 Å². The molecule has 1 saturated carbocycles. The van der Waals surface area contributed by atoms with Crippen molar-refractivity contribution in [2.45, 2.75) is 51.9 Å². The molecule has 1 fully saturated rings. The van der Waals surface area contributed by atoms with Crippen molar-refractivity contribution >= 4 is 5.91 Å². The second-order valence-electron chi connectivity index (χ2n) is 7.64. The zero-order valence-electron chi connectivity index (χ0n) is 17.8. The van der Waals surface area contributed by atoms with Crippen molar-refractivity contribution in [3.05, 3.63) is 53.2 Å². The Morgan fingerprint density at radius 3 is 2.74 bits per heavy atom. The Balaban J connectivity index is 1.37. The van der Waals surface area contributed by atoms with Crippen molar-refractivity contribution < 1.29 is 18.8 Å². The number of aryl methyl sites for hydroxylation is 2. The van der Waals surface area contributed by atoms with E-state index >= 15 is 0 Å². The first kappa shape index (κ1) is 20.9. The number of ether oxygens (including phenoxy) is 2. The van der Waals surface area contributed by atoms with Crippen LogP contribution in [0.3, 0.4) is 0 Å². The fraction of sp³-hybridized carbons (Fsp3) is 0.409. The van der Waals surface area contributed by atoms with Gasteiger partial charge >= 0.3 is 0 Å². The minimum Gasteiger partial charge on any atom is -0.472 e. The molecule has 0 radical (unpaired) electrons. The van der Waals surface area contributed by atoms with Crippen LogP contribution in [0.2, 0.25) is 0 Å². The van der Waals surface area contributed by atoms with Crippen LogP contribution in [-0.4, -0.2) is 45.5 Å². The molecule has 0 saturated heterocycles. The fourth-order valence-corrected chi connectivity index (χ4v) is 3.60. The highest BCUT2D eigenvalue weighted by Gasteiger charge is 2.26. The van der Waals surface area contributed by atoms with Crippen LogP contribution in [0.15, 0.2) is 35.0 Å². The number of pyridine rings is 1. The smallest absolute Gasteiger partial charge is 0.272 e. The van der Waals surface area contributed by atoms with Crippen molar-refractivity contribution in [3.8, 4) is 17.1 Å². The summed E-state index contributed by atoms with van der Waals surface area (Å²) < 4.78 is 16.5. The van der Waals surface area contributed by atoms with Gasteiger partial charge in [0.15, 0.2) is 5.69 Å². The van der Waals surface area contributed by atoms with E-state index in [1.807, 2.05) is 26.0 Å². The Morgan fingerprint density at radius 1 is 1.19 bits per heavy atom. The molecule has 1 aliphatic rings. The molecule has 9 nitrogen and oxygen atoms in total. The van der Waals surface area contributed by atoms with Gasteiger partial charge in [-0.25, -0.2) is 0 Å². The molecule has 2 unspecified atom stereocenters. The summed E-state index contributed by atoms with van der Waals surface area (Å²) in [7, 11) is 1.70. The number of rotatable bonds is 7. The Morgan fingerprint density at radius 2 is 2.06 bits per heavy atom. The third kappa shape index (κ3) is 4.88. The van der Waals surface area contributed by atoms with E-state index in [2.05, 4.69) is 25.7 Å². The summed E-state index contributed by atoms with van der Waals surface area (Å²) in [5, 5.41) is 15.1. The first-order valence-corrected chi connectivity index (χ1v) is 10.2. The molecule has 0 aliphatic heterocycles. The van der Waals surface area contributed by atoms with E-state index in [9.17, 15) is 4.79 Å². The highest BCUT2D eigenvalue weighted by molar-refractivity contribution is 5.92. The Labute approximate surface area is 180 Å². The molecule has 162 valence electrons. The lowest BCUT2D eigenvalue weighted by molar-refractivity contribution is 0.0909. The lowest BCUT2D eigenvalue weighted by atomic mass is 10.1.